The van der Waals surface area contributed by atoms with E-state index in [2.05, 4.69) is 20.1 Å². The van der Waals surface area contributed by atoms with Gasteiger partial charge in [0.2, 0.25) is 11.5 Å². The molecule has 7 nitrogen and oxygen atoms in total. The Labute approximate surface area is 148 Å². The van der Waals surface area contributed by atoms with E-state index < -0.39 is 5.82 Å². The highest BCUT2D eigenvalue weighted by Gasteiger charge is 2.17. The number of pyridine rings is 1. The lowest BCUT2D eigenvalue weighted by Crippen LogP contribution is -2.08. The minimum absolute atomic E-state index is 0.0201. The third-order valence-electron chi connectivity index (χ3n) is 3.66. The summed E-state index contributed by atoms with van der Waals surface area (Å²) in [7, 11) is 0. The Morgan fingerprint density at radius 1 is 1.38 bits per heavy atom. The lowest BCUT2D eigenvalue weighted by molar-refractivity contribution is 0.0988. The van der Waals surface area contributed by atoms with E-state index in [1.165, 1.54) is 12.1 Å². The lowest BCUT2D eigenvalue weighted by Gasteiger charge is -2.10. The standard InChI is InChI=1S/C18H14FN5O2/c1-21-18-24-15(10-26-18)16(25)8-11-4-5-13(19)12(7-11)9-23-14-3-2-6-22-17(14)20/h2-7,10,23H,8-9H2,(H2,20,22). The molecule has 3 rings (SSSR count). The molecule has 0 bridgehead atoms. The zero-order valence-corrected chi connectivity index (χ0v) is 13.6. The van der Waals surface area contributed by atoms with Gasteiger partial charge in [0.05, 0.1) is 5.69 Å². The maximum absolute atomic E-state index is 14.1. The lowest BCUT2D eigenvalue weighted by atomic mass is 10.0. The summed E-state index contributed by atoms with van der Waals surface area (Å²) in [5, 5.41) is 3.02. The first-order valence-corrected chi connectivity index (χ1v) is 7.64. The topological polar surface area (TPSA) is 98.4 Å². The molecule has 0 aliphatic heterocycles. The van der Waals surface area contributed by atoms with Gasteiger partial charge in [0.15, 0.2) is 0 Å². The highest BCUT2D eigenvalue weighted by atomic mass is 19.1. The summed E-state index contributed by atoms with van der Waals surface area (Å²) in [4.78, 5) is 22.9. The molecule has 0 fully saturated rings. The predicted molar refractivity (Wildman–Crippen MR) is 93.2 cm³/mol. The maximum Gasteiger partial charge on any atom is 0.450 e. The number of carbonyl (C=O) groups is 1. The molecule has 1 aromatic carbocycles. The van der Waals surface area contributed by atoms with E-state index in [-0.39, 0.29) is 30.5 Å². The van der Waals surface area contributed by atoms with Crippen molar-refractivity contribution in [2.24, 2.45) is 0 Å². The second kappa shape index (κ2) is 7.44. The minimum atomic E-state index is -0.395. The van der Waals surface area contributed by atoms with Crippen LogP contribution in [0.15, 0.2) is 47.2 Å². The number of rotatable bonds is 6. The molecule has 0 aliphatic carbocycles. The molecule has 3 aromatic rings. The second-order valence-corrected chi connectivity index (χ2v) is 5.44. The molecule has 0 atom stereocenters. The van der Waals surface area contributed by atoms with Crippen LogP contribution in [0.25, 0.3) is 4.85 Å². The van der Waals surface area contributed by atoms with Crippen LogP contribution < -0.4 is 11.1 Å². The van der Waals surface area contributed by atoms with E-state index in [4.69, 9.17) is 16.7 Å². The summed E-state index contributed by atoms with van der Waals surface area (Å²) in [5.74, 6) is -0.389. The second-order valence-electron chi connectivity index (χ2n) is 5.44. The van der Waals surface area contributed by atoms with Gasteiger partial charge >= 0.3 is 6.01 Å². The van der Waals surface area contributed by atoms with Crippen molar-refractivity contribution in [2.75, 3.05) is 11.1 Å². The Morgan fingerprint density at radius 2 is 2.23 bits per heavy atom. The van der Waals surface area contributed by atoms with Crippen molar-refractivity contribution in [2.45, 2.75) is 13.0 Å². The van der Waals surface area contributed by atoms with E-state index in [0.29, 0.717) is 22.6 Å². The van der Waals surface area contributed by atoms with Crippen LogP contribution in [0.5, 0.6) is 0 Å². The number of Topliss-reactive ketones (excluding diaryl/α,β-unsaturated/α-hetero) is 1. The van der Waals surface area contributed by atoms with Gasteiger partial charge in [0, 0.05) is 24.7 Å². The Balaban J connectivity index is 1.72. The van der Waals surface area contributed by atoms with E-state index >= 15 is 0 Å². The number of carbonyl (C=O) groups excluding carboxylic acids is 1. The van der Waals surface area contributed by atoms with Crippen LogP contribution in [0.4, 0.5) is 21.9 Å². The van der Waals surface area contributed by atoms with Crippen molar-refractivity contribution < 1.29 is 13.6 Å². The SMILES string of the molecule is [C-]#[N+]c1nc(C(=O)Cc2ccc(F)c(CNc3cccnc3N)c2)co1. The molecule has 0 aliphatic rings. The van der Waals surface area contributed by atoms with Gasteiger partial charge in [-0.25, -0.2) is 9.37 Å². The third kappa shape index (κ3) is 3.84. The van der Waals surface area contributed by atoms with Crippen molar-refractivity contribution in [1.82, 2.24) is 9.97 Å². The first-order chi connectivity index (χ1) is 12.6. The first kappa shape index (κ1) is 17.1. The summed E-state index contributed by atoms with van der Waals surface area (Å²) in [5.41, 5.74) is 7.43. The molecule has 0 radical (unpaired) electrons. The molecule has 2 heterocycles. The monoisotopic (exact) mass is 351 g/mol. The van der Waals surface area contributed by atoms with Gasteiger partial charge in [0.1, 0.15) is 17.9 Å². The number of nitrogens with zero attached hydrogens (tertiary/aromatic N) is 3. The highest BCUT2D eigenvalue weighted by molar-refractivity contribution is 5.95. The number of nitrogen functional groups attached to an aromatic ring is 1. The molecule has 0 spiro atoms. The van der Waals surface area contributed by atoms with Crippen LogP contribution in [0.3, 0.4) is 0 Å². The Morgan fingerprint density at radius 3 is 2.96 bits per heavy atom. The van der Waals surface area contributed by atoms with Gasteiger partial charge in [-0.15, -0.1) is 0 Å². The van der Waals surface area contributed by atoms with Crippen LogP contribution in [-0.2, 0) is 13.0 Å². The molecule has 8 heteroatoms. The quantitative estimate of drug-likeness (QED) is 0.522. The summed E-state index contributed by atoms with van der Waals surface area (Å²) in [6.45, 7) is 6.99. The van der Waals surface area contributed by atoms with E-state index in [9.17, 15) is 9.18 Å². The van der Waals surface area contributed by atoms with Crippen LogP contribution >= 0.6 is 0 Å². The smallest absolute Gasteiger partial charge is 0.450 e. The molecule has 3 N–H and O–H groups in total. The fraction of sp³-hybridized carbons (Fsp3) is 0.111. The van der Waals surface area contributed by atoms with Gasteiger partial charge in [-0.05, 0) is 23.8 Å². The molecule has 0 saturated heterocycles. The molecule has 130 valence electrons. The first-order valence-electron chi connectivity index (χ1n) is 7.64. The Hall–Kier alpha value is -3.73. The number of anilines is 2. The highest BCUT2D eigenvalue weighted by Crippen LogP contribution is 2.19. The zero-order chi connectivity index (χ0) is 18.5. The Kier molecular flexibility index (Phi) is 4.90. The van der Waals surface area contributed by atoms with E-state index in [1.807, 2.05) is 0 Å². The fourth-order valence-corrected chi connectivity index (χ4v) is 2.35. The van der Waals surface area contributed by atoms with Gasteiger partial charge in [-0.3, -0.25) is 4.79 Å². The number of benzene rings is 1. The Bertz CT molecular complexity index is 993. The van der Waals surface area contributed by atoms with Gasteiger partial charge in [0.25, 0.3) is 0 Å². The van der Waals surface area contributed by atoms with Gasteiger partial charge in [-0.2, -0.15) is 0 Å². The molecular formula is C18H14FN5O2. The average molecular weight is 351 g/mol. The van der Waals surface area contributed by atoms with Crippen molar-refractivity contribution >= 4 is 23.3 Å². The summed E-state index contributed by atoms with van der Waals surface area (Å²) in [6, 6.07) is 7.71. The van der Waals surface area contributed by atoms with Crippen molar-refractivity contribution in [1.29, 1.82) is 0 Å². The minimum Gasteiger partial charge on any atom is -0.467 e. The van der Waals surface area contributed by atoms with Crippen LogP contribution in [0, 0.1) is 12.4 Å². The average Bonchev–Trinajstić information content (AvgIpc) is 3.13. The van der Waals surface area contributed by atoms with Crippen molar-refractivity contribution in [3.8, 4) is 0 Å². The van der Waals surface area contributed by atoms with Crippen molar-refractivity contribution in [3.63, 3.8) is 0 Å². The molecule has 26 heavy (non-hydrogen) atoms. The summed E-state index contributed by atoms with van der Waals surface area (Å²) >= 11 is 0. The molecule has 0 unspecified atom stereocenters. The molecule has 0 saturated carbocycles. The largest absolute Gasteiger partial charge is 0.467 e. The fourth-order valence-electron chi connectivity index (χ4n) is 2.35. The zero-order valence-electron chi connectivity index (χ0n) is 13.6. The number of oxazole rings is 1. The number of nitrogens with one attached hydrogen (secondary N) is 1. The number of ketones is 1. The maximum atomic E-state index is 14.1. The third-order valence-corrected chi connectivity index (χ3v) is 3.66. The van der Waals surface area contributed by atoms with Crippen LogP contribution in [0.2, 0.25) is 0 Å². The van der Waals surface area contributed by atoms with E-state index in [1.54, 1.807) is 24.4 Å². The van der Waals surface area contributed by atoms with Gasteiger partial charge in [-0.1, -0.05) is 23.7 Å². The molecule has 0 amide bonds. The predicted octanol–water partition coefficient (Wildman–Crippen LogP) is 3.38. The number of halogens is 1. The van der Waals surface area contributed by atoms with E-state index in [0.717, 1.165) is 6.26 Å². The van der Waals surface area contributed by atoms with Crippen LogP contribution in [-0.4, -0.2) is 15.8 Å². The number of aromatic nitrogens is 2. The molecular weight excluding hydrogens is 337 g/mol. The number of hydrogen-bond acceptors (Lipinski definition) is 6. The normalized spacial score (nSPS) is 10.3. The number of nitrogens with two attached hydrogens (primary N) is 1. The number of hydrogen-bond donors (Lipinski definition) is 2. The van der Waals surface area contributed by atoms with Gasteiger partial charge < -0.3 is 20.3 Å². The van der Waals surface area contributed by atoms with Crippen LogP contribution in [0.1, 0.15) is 21.6 Å². The summed E-state index contributed by atoms with van der Waals surface area (Å²) in [6.07, 6.45) is 2.73. The summed E-state index contributed by atoms with van der Waals surface area (Å²) < 4.78 is 18.9. The molecule has 2 aromatic heterocycles. The van der Waals surface area contributed by atoms with Crippen molar-refractivity contribution in [3.05, 3.63) is 76.8 Å².